The minimum atomic E-state index is 0.348. The summed E-state index contributed by atoms with van der Waals surface area (Å²) in [6, 6.07) is 6.28. The monoisotopic (exact) mass is 274 g/mol. The number of likely N-dealkylation sites (tertiary alicyclic amines) is 1. The maximum absolute atomic E-state index is 6.08. The Morgan fingerprint density at radius 2 is 2.21 bits per heavy atom. The Morgan fingerprint density at radius 3 is 2.86 bits per heavy atom. The molecule has 0 spiro atoms. The molecule has 1 fully saturated rings. The first kappa shape index (κ1) is 10.4. The number of halogens is 2. The standard InChI is InChI=1S/C10H12BrClN2/c11-8-1-2-10(12)7(3-8)4-14-5-9(13)6-14/h1-3,9H,4-6,13H2. The Hall–Kier alpha value is -0.0900. The van der Waals surface area contributed by atoms with E-state index in [9.17, 15) is 0 Å². The summed E-state index contributed by atoms with van der Waals surface area (Å²) >= 11 is 9.52. The molecule has 0 bridgehead atoms. The van der Waals surface area contributed by atoms with Crippen LogP contribution in [0.4, 0.5) is 0 Å². The maximum atomic E-state index is 6.08. The summed E-state index contributed by atoms with van der Waals surface area (Å²) in [6.07, 6.45) is 0. The molecule has 0 saturated carbocycles. The quantitative estimate of drug-likeness (QED) is 0.897. The van der Waals surface area contributed by atoms with Crippen LogP contribution in [0.1, 0.15) is 5.56 Å². The molecule has 0 atom stereocenters. The van der Waals surface area contributed by atoms with Crippen molar-refractivity contribution in [2.45, 2.75) is 12.6 Å². The molecule has 1 aliphatic rings. The Labute approximate surface area is 97.2 Å². The van der Waals surface area contributed by atoms with Crippen LogP contribution >= 0.6 is 27.5 Å². The summed E-state index contributed by atoms with van der Waals surface area (Å²) in [5, 5.41) is 0.827. The lowest BCUT2D eigenvalue weighted by molar-refractivity contribution is 0.142. The van der Waals surface area contributed by atoms with Crippen molar-refractivity contribution in [2.24, 2.45) is 5.73 Å². The van der Waals surface area contributed by atoms with Gasteiger partial charge in [-0.1, -0.05) is 27.5 Å². The van der Waals surface area contributed by atoms with Crippen LogP contribution < -0.4 is 5.73 Å². The predicted molar refractivity (Wildman–Crippen MR) is 62.4 cm³/mol. The summed E-state index contributed by atoms with van der Waals surface area (Å²) in [7, 11) is 0. The third kappa shape index (κ3) is 2.28. The third-order valence-electron chi connectivity index (χ3n) is 2.39. The highest BCUT2D eigenvalue weighted by Crippen LogP contribution is 2.23. The molecule has 0 aromatic heterocycles. The van der Waals surface area contributed by atoms with Crippen LogP contribution in [0.5, 0.6) is 0 Å². The Morgan fingerprint density at radius 1 is 1.50 bits per heavy atom. The first-order chi connectivity index (χ1) is 6.65. The molecule has 76 valence electrons. The zero-order valence-electron chi connectivity index (χ0n) is 7.71. The van der Waals surface area contributed by atoms with Crippen LogP contribution in [0.25, 0.3) is 0 Å². The average molecular weight is 276 g/mol. The molecular weight excluding hydrogens is 263 g/mol. The minimum Gasteiger partial charge on any atom is -0.325 e. The van der Waals surface area contributed by atoms with Gasteiger partial charge in [0.15, 0.2) is 0 Å². The smallest absolute Gasteiger partial charge is 0.0451 e. The van der Waals surface area contributed by atoms with Gasteiger partial charge in [0.2, 0.25) is 0 Å². The van der Waals surface area contributed by atoms with Gasteiger partial charge in [-0.25, -0.2) is 0 Å². The predicted octanol–water partition coefficient (Wildman–Crippen LogP) is 2.25. The second-order valence-corrected chi connectivity index (χ2v) is 5.01. The molecule has 0 unspecified atom stereocenters. The molecule has 2 N–H and O–H groups in total. The summed E-state index contributed by atoms with van der Waals surface area (Å²) in [6.45, 7) is 2.84. The van der Waals surface area contributed by atoms with Crippen LogP contribution in [-0.4, -0.2) is 24.0 Å². The Bertz CT molecular complexity index is 337. The van der Waals surface area contributed by atoms with Crippen molar-refractivity contribution in [1.29, 1.82) is 0 Å². The summed E-state index contributed by atoms with van der Waals surface area (Å²) in [5.41, 5.74) is 6.87. The Balaban J connectivity index is 2.05. The van der Waals surface area contributed by atoms with Gasteiger partial charge in [0, 0.05) is 35.2 Å². The van der Waals surface area contributed by atoms with Crippen LogP contribution in [0.3, 0.4) is 0 Å². The van der Waals surface area contributed by atoms with Crippen molar-refractivity contribution >= 4 is 27.5 Å². The van der Waals surface area contributed by atoms with Gasteiger partial charge in [0.1, 0.15) is 0 Å². The highest BCUT2D eigenvalue weighted by atomic mass is 79.9. The van der Waals surface area contributed by atoms with Gasteiger partial charge in [-0.05, 0) is 23.8 Å². The van der Waals surface area contributed by atoms with Crippen LogP contribution in [0.15, 0.2) is 22.7 Å². The van der Waals surface area contributed by atoms with E-state index in [1.165, 1.54) is 0 Å². The Kier molecular flexibility index (Phi) is 3.12. The minimum absolute atomic E-state index is 0.348. The molecule has 1 heterocycles. The molecule has 0 amide bonds. The van der Waals surface area contributed by atoms with Crippen molar-refractivity contribution in [1.82, 2.24) is 4.90 Å². The molecule has 0 radical (unpaired) electrons. The van der Waals surface area contributed by atoms with Crippen LogP contribution in [0.2, 0.25) is 5.02 Å². The van der Waals surface area contributed by atoms with Gasteiger partial charge in [0.25, 0.3) is 0 Å². The molecule has 2 nitrogen and oxygen atoms in total. The van der Waals surface area contributed by atoms with Crippen molar-refractivity contribution < 1.29 is 0 Å². The van der Waals surface area contributed by atoms with Gasteiger partial charge in [-0.2, -0.15) is 0 Å². The second kappa shape index (κ2) is 4.19. The van der Waals surface area contributed by atoms with E-state index in [-0.39, 0.29) is 0 Å². The molecule has 4 heteroatoms. The fourth-order valence-electron chi connectivity index (χ4n) is 1.64. The van der Waals surface area contributed by atoms with Gasteiger partial charge in [0.05, 0.1) is 0 Å². The SMILES string of the molecule is NC1CN(Cc2cc(Br)ccc2Cl)C1. The highest BCUT2D eigenvalue weighted by molar-refractivity contribution is 9.10. The lowest BCUT2D eigenvalue weighted by atomic mass is 10.1. The normalized spacial score (nSPS) is 18.2. The summed E-state index contributed by atoms with van der Waals surface area (Å²) < 4.78 is 1.07. The number of nitrogens with two attached hydrogens (primary N) is 1. The number of benzene rings is 1. The first-order valence-corrected chi connectivity index (χ1v) is 5.74. The van der Waals surface area contributed by atoms with Crippen molar-refractivity contribution in [3.63, 3.8) is 0 Å². The molecular formula is C10H12BrClN2. The fraction of sp³-hybridized carbons (Fsp3) is 0.400. The van der Waals surface area contributed by atoms with E-state index in [1.54, 1.807) is 0 Å². The maximum Gasteiger partial charge on any atom is 0.0451 e. The third-order valence-corrected chi connectivity index (χ3v) is 3.25. The first-order valence-electron chi connectivity index (χ1n) is 4.57. The lowest BCUT2D eigenvalue weighted by Crippen LogP contribution is -2.54. The van der Waals surface area contributed by atoms with E-state index in [0.717, 1.165) is 34.7 Å². The van der Waals surface area contributed by atoms with Crippen LogP contribution in [0, 0.1) is 0 Å². The fourth-order valence-corrected chi connectivity index (χ4v) is 2.23. The van der Waals surface area contributed by atoms with Crippen molar-refractivity contribution in [3.8, 4) is 0 Å². The number of rotatable bonds is 2. The average Bonchev–Trinajstić information content (AvgIpc) is 2.09. The van der Waals surface area contributed by atoms with Crippen molar-refractivity contribution in [3.05, 3.63) is 33.3 Å². The zero-order valence-corrected chi connectivity index (χ0v) is 10.1. The van der Waals surface area contributed by atoms with E-state index in [1.807, 2.05) is 12.1 Å². The van der Waals surface area contributed by atoms with E-state index in [0.29, 0.717) is 6.04 Å². The molecule has 14 heavy (non-hydrogen) atoms. The molecule has 0 aliphatic carbocycles. The number of hydrogen-bond acceptors (Lipinski definition) is 2. The largest absolute Gasteiger partial charge is 0.325 e. The molecule has 1 aromatic carbocycles. The van der Waals surface area contributed by atoms with Gasteiger partial charge in [-0.3, -0.25) is 4.90 Å². The molecule has 1 aliphatic heterocycles. The van der Waals surface area contributed by atoms with Crippen LogP contribution in [-0.2, 0) is 6.54 Å². The number of hydrogen-bond donors (Lipinski definition) is 1. The number of nitrogens with zero attached hydrogens (tertiary/aromatic N) is 1. The molecule has 1 aromatic rings. The molecule has 2 rings (SSSR count). The van der Waals surface area contributed by atoms with Gasteiger partial charge in [-0.15, -0.1) is 0 Å². The topological polar surface area (TPSA) is 29.3 Å². The van der Waals surface area contributed by atoms with E-state index in [4.69, 9.17) is 17.3 Å². The van der Waals surface area contributed by atoms with Crippen molar-refractivity contribution in [2.75, 3.05) is 13.1 Å². The zero-order chi connectivity index (χ0) is 10.1. The summed E-state index contributed by atoms with van der Waals surface area (Å²) in [5.74, 6) is 0. The molecule has 1 saturated heterocycles. The summed E-state index contributed by atoms with van der Waals surface area (Å²) in [4.78, 5) is 2.29. The lowest BCUT2D eigenvalue weighted by Gasteiger charge is -2.37. The van der Waals surface area contributed by atoms with Gasteiger partial charge < -0.3 is 5.73 Å². The second-order valence-electron chi connectivity index (χ2n) is 3.69. The van der Waals surface area contributed by atoms with E-state index >= 15 is 0 Å². The van der Waals surface area contributed by atoms with E-state index < -0.39 is 0 Å². The van der Waals surface area contributed by atoms with Gasteiger partial charge >= 0.3 is 0 Å². The highest BCUT2D eigenvalue weighted by Gasteiger charge is 2.23. The van der Waals surface area contributed by atoms with E-state index in [2.05, 4.69) is 26.9 Å².